The second kappa shape index (κ2) is 9.80. The summed E-state index contributed by atoms with van der Waals surface area (Å²) in [5, 5.41) is 6.96. The number of morpholine rings is 1. The van der Waals surface area contributed by atoms with Gasteiger partial charge in [0.25, 0.3) is 0 Å². The molecule has 2 heterocycles. The van der Waals surface area contributed by atoms with E-state index in [2.05, 4.69) is 46.5 Å². The predicted octanol–water partition coefficient (Wildman–Crippen LogP) is 1.16. The summed E-state index contributed by atoms with van der Waals surface area (Å²) in [6.45, 7) is 8.30. The average molecular weight is 376 g/mol. The third-order valence-electron chi connectivity index (χ3n) is 5.09. The molecule has 2 aliphatic heterocycles. The highest BCUT2D eigenvalue weighted by Crippen LogP contribution is 2.30. The van der Waals surface area contributed by atoms with E-state index in [-0.39, 0.29) is 6.10 Å². The van der Waals surface area contributed by atoms with E-state index < -0.39 is 0 Å². The zero-order chi connectivity index (χ0) is 19.1. The minimum absolute atomic E-state index is 0.174. The van der Waals surface area contributed by atoms with Crippen molar-refractivity contribution >= 4 is 11.6 Å². The first-order valence-corrected chi connectivity index (χ1v) is 9.92. The molecular weight excluding hydrogens is 342 g/mol. The second-order valence-electron chi connectivity index (χ2n) is 7.22. The van der Waals surface area contributed by atoms with Gasteiger partial charge in [-0.05, 0) is 32.5 Å². The van der Waals surface area contributed by atoms with Gasteiger partial charge in [-0.3, -0.25) is 4.99 Å². The third-order valence-corrected chi connectivity index (χ3v) is 5.09. The summed E-state index contributed by atoms with van der Waals surface area (Å²) in [4.78, 5) is 9.44. The number of hydrogen-bond acceptors (Lipinski definition) is 5. The topological polar surface area (TPSA) is 61.4 Å². The van der Waals surface area contributed by atoms with Crippen LogP contribution in [-0.2, 0) is 4.74 Å². The van der Waals surface area contributed by atoms with Gasteiger partial charge < -0.3 is 29.9 Å². The Morgan fingerprint density at radius 1 is 1.30 bits per heavy atom. The van der Waals surface area contributed by atoms with Crippen molar-refractivity contribution in [3.8, 4) is 5.75 Å². The fourth-order valence-electron chi connectivity index (χ4n) is 3.67. The first-order chi connectivity index (χ1) is 13.2. The zero-order valence-corrected chi connectivity index (χ0v) is 16.8. The van der Waals surface area contributed by atoms with Gasteiger partial charge in [0.15, 0.2) is 5.96 Å². The van der Waals surface area contributed by atoms with E-state index in [0.29, 0.717) is 12.6 Å². The molecule has 0 aromatic heterocycles. The molecule has 2 unspecified atom stereocenters. The lowest BCUT2D eigenvalue weighted by atomic mass is 10.2. The Balaban J connectivity index is 1.56. The Kier molecular flexibility index (Phi) is 7.18. The van der Waals surface area contributed by atoms with Gasteiger partial charge in [0, 0.05) is 38.8 Å². The third kappa shape index (κ3) is 5.49. The lowest BCUT2D eigenvalue weighted by molar-refractivity contribution is -0.0136. The minimum atomic E-state index is 0.174. The molecule has 0 radical (unpaired) electrons. The Hall–Kier alpha value is -1.99. The Morgan fingerprint density at radius 2 is 2.15 bits per heavy atom. The summed E-state index contributed by atoms with van der Waals surface area (Å²) < 4.78 is 11.3. The molecule has 7 heteroatoms. The first-order valence-electron chi connectivity index (χ1n) is 9.92. The zero-order valence-electron chi connectivity index (χ0n) is 16.8. The molecule has 2 fully saturated rings. The van der Waals surface area contributed by atoms with Crippen LogP contribution in [0.1, 0.15) is 13.3 Å². The average Bonchev–Trinajstić information content (AvgIpc) is 3.14. The smallest absolute Gasteiger partial charge is 0.191 e. The van der Waals surface area contributed by atoms with E-state index in [9.17, 15) is 0 Å². The molecule has 7 nitrogen and oxygen atoms in total. The molecule has 2 saturated heterocycles. The van der Waals surface area contributed by atoms with E-state index in [1.165, 1.54) is 0 Å². The highest BCUT2D eigenvalue weighted by Gasteiger charge is 2.25. The van der Waals surface area contributed by atoms with Crippen LogP contribution in [0.4, 0.5) is 5.69 Å². The van der Waals surface area contributed by atoms with Gasteiger partial charge in [0.2, 0.25) is 0 Å². The number of guanidine groups is 1. The monoisotopic (exact) mass is 375 g/mol. The molecule has 150 valence electrons. The number of rotatable bonds is 6. The number of likely N-dealkylation sites (N-methyl/N-ethyl adjacent to an activating group) is 1. The predicted molar refractivity (Wildman–Crippen MR) is 110 cm³/mol. The van der Waals surface area contributed by atoms with Gasteiger partial charge in [-0.2, -0.15) is 0 Å². The fourth-order valence-corrected chi connectivity index (χ4v) is 3.67. The van der Waals surface area contributed by atoms with Crippen LogP contribution >= 0.6 is 0 Å². The lowest BCUT2D eigenvalue weighted by Gasteiger charge is -2.29. The van der Waals surface area contributed by atoms with Crippen molar-refractivity contribution < 1.29 is 9.47 Å². The number of ether oxygens (including phenoxy) is 2. The van der Waals surface area contributed by atoms with Crippen molar-refractivity contribution in [3.05, 3.63) is 24.3 Å². The van der Waals surface area contributed by atoms with Crippen molar-refractivity contribution in [2.24, 2.45) is 4.99 Å². The summed E-state index contributed by atoms with van der Waals surface area (Å²) in [7, 11) is 3.86. The van der Waals surface area contributed by atoms with Crippen LogP contribution in [0.2, 0.25) is 0 Å². The minimum Gasteiger partial charge on any atom is -0.495 e. The summed E-state index contributed by atoms with van der Waals surface area (Å²) >= 11 is 0. The van der Waals surface area contributed by atoms with E-state index in [1.54, 1.807) is 7.11 Å². The largest absolute Gasteiger partial charge is 0.495 e. The Morgan fingerprint density at radius 3 is 2.93 bits per heavy atom. The van der Waals surface area contributed by atoms with Gasteiger partial charge >= 0.3 is 0 Å². The van der Waals surface area contributed by atoms with Crippen molar-refractivity contribution in [2.45, 2.75) is 25.5 Å². The number of hydrogen-bond donors (Lipinski definition) is 2. The molecule has 2 atom stereocenters. The second-order valence-corrected chi connectivity index (χ2v) is 7.22. The first kappa shape index (κ1) is 19.8. The molecule has 1 aromatic carbocycles. The van der Waals surface area contributed by atoms with Gasteiger partial charge in [0.1, 0.15) is 5.75 Å². The Labute approximate surface area is 162 Å². The molecule has 27 heavy (non-hydrogen) atoms. The molecule has 2 N–H and O–H groups in total. The van der Waals surface area contributed by atoms with E-state index in [1.807, 2.05) is 12.1 Å². The number of nitrogens with zero attached hydrogens (tertiary/aromatic N) is 3. The summed E-state index contributed by atoms with van der Waals surface area (Å²) in [6, 6.07) is 8.57. The quantitative estimate of drug-likeness (QED) is 0.575. The van der Waals surface area contributed by atoms with Crippen molar-refractivity contribution in [1.82, 2.24) is 15.5 Å². The van der Waals surface area contributed by atoms with Crippen LogP contribution in [-0.4, -0.2) is 83.0 Å². The van der Waals surface area contributed by atoms with Crippen LogP contribution in [0.3, 0.4) is 0 Å². The van der Waals surface area contributed by atoms with Crippen LogP contribution in [0, 0.1) is 0 Å². The standard InChI is InChI=1S/C20H33N5O2/c1-4-21-20(22-13-17-15-24(2)11-12-27-17)23-16-9-10-25(14-16)18-7-5-6-8-19(18)26-3/h5-8,16-17H,4,9-15H2,1-3H3,(H2,21,22,23). The fraction of sp³-hybridized carbons (Fsp3) is 0.650. The maximum atomic E-state index is 5.82. The molecule has 3 rings (SSSR count). The van der Waals surface area contributed by atoms with Crippen molar-refractivity contribution in [3.63, 3.8) is 0 Å². The SMILES string of the molecule is CCNC(=NCC1CN(C)CCO1)NC1CCN(c2ccccc2OC)C1. The maximum Gasteiger partial charge on any atom is 0.191 e. The van der Waals surface area contributed by atoms with Gasteiger partial charge in [-0.1, -0.05) is 12.1 Å². The summed E-state index contributed by atoms with van der Waals surface area (Å²) in [5.41, 5.74) is 1.16. The summed E-state index contributed by atoms with van der Waals surface area (Å²) in [6.07, 6.45) is 1.25. The van der Waals surface area contributed by atoms with Crippen molar-refractivity contribution in [2.75, 3.05) is 64.9 Å². The molecule has 2 aliphatic rings. The molecule has 0 saturated carbocycles. The molecule has 0 spiro atoms. The number of methoxy groups -OCH3 is 1. The molecule has 0 amide bonds. The highest BCUT2D eigenvalue weighted by molar-refractivity contribution is 5.80. The lowest BCUT2D eigenvalue weighted by Crippen LogP contribution is -2.46. The summed E-state index contributed by atoms with van der Waals surface area (Å²) in [5.74, 6) is 1.80. The van der Waals surface area contributed by atoms with E-state index >= 15 is 0 Å². The van der Waals surface area contributed by atoms with E-state index in [0.717, 1.165) is 63.1 Å². The highest BCUT2D eigenvalue weighted by atomic mass is 16.5. The van der Waals surface area contributed by atoms with Crippen LogP contribution in [0.15, 0.2) is 29.3 Å². The van der Waals surface area contributed by atoms with Crippen LogP contribution in [0.5, 0.6) is 5.75 Å². The van der Waals surface area contributed by atoms with Crippen molar-refractivity contribution in [1.29, 1.82) is 0 Å². The molecule has 0 bridgehead atoms. The van der Waals surface area contributed by atoms with Gasteiger partial charge in [-0.25, -0.2) is 0 Å². The normalized spacial score (nSPS) is 24.1. The number of anilines is 1. The van der Waals surface area contributed by atoms with E-state index in [4.69, 9.17) is 14.5 Å². The molecular formula is C20H33N5O2. The Bertz CT molecular complexity index is 624. The van der Waals surface area contributed by atoms with Crippen LogP contribution in [0.25, 0.3) is 0 Å². The van der Waals surface area contributed by atoms with Gasteiger partial charge in [-0.15, -0.1) is 0 Å². The molecule has 0 aliphatic carbocycles. The number of aliphatic imine (C=N–C) groups is 1. The number of nitrogens with one attached hydrogen (secondary N) is 2. The molecule has 1 aromatic rings. The number of benzene rings is 1. The maximum absolute atomic E-state index is 5.82. The van der Waals surface area contributed by atoms with Gasteiger partial charge in [0.05, 0.1) is 32.1 Å². The van der Waals surface area contributed by atoms with Crippen LogP contribution < -0.4 is 20.3 Å². The number of para-hydroxylation sites is 2.